The van der Waals surface area contributed by atoms with E-state index >= 15 is 0 Å². The Hall–Kier alpha value is -2.83. The fourth-order valence-corrected chi connectivity index (χ4v) is 4.57. The first-order valence-corrected chi connectivity index (χ1v) is 10.3. The van der Waals surface area contributed by atoms with Crippen LogP contribution in [0.25, 0.3) is 0 Å². The van der Waals surface area contributed by atoms with Crippen LogP contribution in [0, 0.1) is 0 Å². The summed E-state index contributed by atoms with van der Waals surface area (Å²) in [5.41, 5.74) is 4.23. The third-order valence-electron chi connectivity index (χ3n) is 4.96. The molecular formula is C17H22N6O5S. The van der Waals surface area contributed by atoms with Crippen LogP contribution < -0.4 is 17.0 Å². The molecule has 0 saturated carbocycles. The van der Waals surface area contributed by atoms with E-state index in [1.165, 1.54) is 36.9 Å². The predicted octanol–water partition coefficient (Wildman–Crippen LogP) is -1.75. The van der Waals surface area contributed by atoms with E-state index in [2.05, 4.69) is 4.98 Å². The average Bonchev–Trinajstić information content (AvgIpc) is 2.72. The van der Waals surface area contributed by atoms with Crippen molar-refractivity contribution in [3.05, 3.63) is 50.9 Å². The monoisotopic (exact) mass is 422 g/mol. The zero-order chi connectivity index (χ0) is 21.3. The average molecular weight is 422 g/mol. The number of carbonyl (C=O) groups excluding carboxylic acids is 1. The molecule has 0 aromatic carbocycles. The molecule has 2 aromatic heterocycles. The second-order valence-electron chi connectivity index (χ2n) is 6.76. The van der Waals surface area contributed by atoms with E-state index in [4.69, 9.17) is 5.73 Å². The summed E-state index contributed by atoms with van der Waals surface area (Å²) in [5, 5.41) is 0. The highest BCUT2D eigenvalue weighted by atomic mass is 32.2. The summed E-state index contributed by atoms with van der Waals surface area (Å²) in [4.78, 5) is 42.6. The van der Waals surface area contributed by atoms with Gasteiger partial charge in [-0.25, -0.2) is 13.2 Å². The van der Waals surface area contributed by atoms with Gasteiger partial charge in [0.25, 0.3) is 5.56 Å². The second-order valence-corrected chi connectivity index (χ2v) is 8.70. The third-order valence-corrected chi connectivity index (χ3v) is 6.84. The maximum atomic E-state index is 12.7. The molecule has 156 valence electrons. The molecule has 3 rings (SSSR count). The van der Waals surface area contributed by atoms with Crippen LogP contribution >= 0.6 is 0 Å². The Morgan fingerprint density at radius 2 is 1.79 bits per heavy atom. The lowest BCUT2D eigenvalue weighted by molar-refractivity contribution is 0.0899. The molecule has 3 heterocycles. The fourth-order valence-electron chi connectivity index (χ4n) is 3.18. The van der Waals surface area contributed by atoms with Gasteiger partial charge in [0.1, 0.15) is 16.3 Å². The van der Waals surface area contributed by atoms with Crippen molar-refractivity contribution < 1.29 is 13.2 Å². The maximum Gasteiger partial charge on any atom is 0.332 e. The number of rotatable bonds is 5. The van der Waals surface area contributed by atoms with Crippen LogP contribution in [0.15, 0.2) is 39.0 Å². The molecule has 0 spiro atoms. The molecule has 2 aromatic rings. The zero-order valence-corrected chi connectivity index (χ0v) is 16.9. The number of Topliss-reactive ketones (excluding diaryl/α,β-unsaturated/α-hetero) is 1. The number of hydrogen-bond acceptors (Lipinski definition) is 8. The van der Waals surface area contributed by atoms with Crippen LogP contribution in [0.2, 0.25) is 0 Å². The predicted molar refractivity (Wildman–Crippen MR) is 105 cm³/mol. The number of piperazine rings is 1. The number of aromatic nitrogens is 3. The molecule has 0 bridgehead atoms. The molecule has 0 aliphatic carbocycles. The van der Waals surface area contributed by atoms with Gasteiger partial charge in [0.2, 0.25) is 10.0 Å². The van der Waals surface area contributed by atoms with Crippen LogP contribution in [0.1, 0.15) is 10.4 Å². The molecule has 1 saturated heterocycles. The van der Waals surface area contributed by atoms with Crippen molar-refractivity contribution in [1.82, 2.24) is 23.3 Å². The smallest absolute Gasteiger partial charge is 0.332 e. The van der Waals surface area contributed by atoms with Crippen LogP contribution in [-0.2, 0) is 24.1 Å². The third kappa shape index (κ3) is 3.86. The molecule has 1 aliphatic heterocycles. The zero-order valence-electron chi connectivity index (χ0n) is 16.1. The lowest BCUT2D eigenvalue weighted by Crippen LogP contribution is -2.50. The van der Waals surface area contributed by atoms with E-state index in [1.807, 2.05) is 0 Å². The van der Waals surface area contributed by atoms with Crippen molar-refractivity contribution in [3.63, 3.8) is 0 Å². The molecule has 11 nitrogen and oxygen atoms in total. The Kier molecular flexibility index (Phi) is 5.68. The Morgan fingerprint density at radius 1 is 1.14 bits per heavy atom. The lowest BCUT2D eigenvalue weighted by atomic mass is 10.1. The highest BCUT2D eigenvalue weighted by Crippen LogP contribution is 2.16. The summed E-state index contributed by atoms with van der Waals surface area (Å²) < 4.78 is 28.5. The number of ketones is 1. The summed E-state index contributed by atoms with van der Waals surface area (Å²) in [6, 6.07) is 3.04. The van der Waals surface area contributed by atoms with Gasteiger partial charge < -0.3 is 5.73 Å². The summed E-state index contributed by atoms with van der Waals surface area (Å²) in [6.07, 6.45) is 2.79. The molecule has 0 radical (unpaired) electrons. The number of hydrogen-bond donors (Lipinski definition) is 1. The first-order valence-electron chi connectivity index (χ1n) is 8.86. The van der Waals surface area contributed by atoms with Gasteiger partial charge in [-0.3, -0.25) is 28.6 Å². The first-order chi connectivity index (χ1) is 13.6. The number of nitrogens with two attached hydrogens (primary N) is 1. The Labute approximate surface area is 167 Å². The molecule has 2 N–H and O–H groups in total. The SMILES string of the molecule is Cn1c(N)c(C(=O)CN2CCN(S(=O)(=O)c3cccnc3)CC2)c(=O)n(C)c1=O. The highest BCUT2D eigenvalue weighted by Gasteiger charge is 2.30. The van der Waals surface area contributed by atoms with Crippen molar-refractivity contribution in [1.29, 1.82) is 0 Å². The minimum absolute atomic E-state index is 0.0988. The summed E-state index contributed by atoms with van der Waals surface area (Å²) in [7, 11) is -0.982. The number of anilines is 1. The second kappa shape index (κ2) is 7.89. The summed E-state index contributed by atoms with van der Waals surface area (Å²) in [5.74, 6) is -0.692. The highest BCUT2D eigenvalue weighted by molar-refractivity contribution is 7.89. The van der Waals surface area contributed by atoms with Gasteiger partial charge in [-0.2, -0.15) is 4.31 Å². The number of nitrogens with zero attached hydrogens (tertiary/aromatic N) is 5. The molecular weight excluding hydrogens is 400 g/mol. The van der Waals surface area contributed by atoms with E-state index in [1.54, 1.807) is 11.0 Å². The lowest BCUT2D eigenvalue weighted by Gasteiger charge is -2.33. The van der Waals surface area contributed by atoms with Crippen LogP contribution in [0.5, 0.6) is 0 Å². The van der Waals surface area contributed by atoms with Gasteiger partial charge in [-0.15, -0.1) is 0 Å². The topological polar surface area (TPSA) is 141 Å². The largest absolute Gasteiger partial charge is 0.384 e. The Balaban J connectivity index is 1.72. The van der Waals surface area contributed by atoms with E-state index in [-0.39, 0.29) is 35.9 Å². The normalized spacial score (nSPS) is 16.1. The molecule has 1 fully saturated rings. The van der Waals surface area contributed by atoms with E-state index in [9.17, 15) is 22.8 Å². The number of sulfonamides is 1. The minimum Gasteiger partial charge on any atom is -0.384 e. The van der Waals surface area contributed by atoms with Gasteiger partial charge in [0.15, 0.2) is 5.78 Å². The van der Waals surface area contributed by atoms with Crippen molar-refractivity contribution in [3.8, 4) is 0 Å². The minimum atomic E-state index is -3.65. The van der Waals surface area contributed by atoms with E-state index in [0.717, 1.165) is 9.13 Å². The van der Waals surface area contributed by atoms with Crippen molar-refractivity contribution in [2.75, 3.05) is 38.5 Å². The van der Waals surface area contributed by atoms with Crippen LogP contribution in [0.4, 0.5) is 5.82 Å². The van der Waals surface area contributed by atoms with Gasteiger partial charge in [-0.05, 0) is 12.1 Å². The maximum absolute atomic E-state index is 12.7. The number of carbonyl (C=O) groups is 1. The van der Waals surface area contributed by atoms with Gasteiger partial charge in [-0.1, -0.05) is 0 Å². The molecule has 0 atom stereocenters. The Morgan fingerprint density at radius 3 is 2.38 bits per heavy atom. The summed E-state index contributed by atoms with van der Waals surface area (Å²) >= 11 is 0. The van der Waals surface area contributed by atoms with Crippen LogP contribution in [-0.4, -0.2) is 70.2 Å². The summed E-state index contributed by atoms with van der Waals surface area (Å²) in [6.45, 7) is 0.934. The number of nitrogen functional groups attached to an aromatic ring is 1. The van der Waals surface area contributed by atoms with Gasteiger partial charge in [0.05, 0.1) is 6.54 Å². The Bertz CT molecular complexity index is 1150. The fraction of sp³-hybridized carbons (Fsp3) is 0.412. The van der Waals surface area contributed by atoms with E-state index < -0.39 is 27.1 Å². The molecule has 0 unspecified atom stereocenters. The molecule has 0 amide bonds. The standard InChI is InChI=1S/C17H22N6O5S/c1-20-15(18)14(16(25)21(2)17(20)26)13(24)11-22-6-8-23(9-7-22)29(27,28)12-4-3-5-19-10-12/h3-5,10H,6-9,11,18H2,1-2H3. The molecule has 12 heteroatoms. The molecule has 1 aliphatic rings. The van der Waals surface area contributed by atoms with E-state index in [0.29, 0.717) is 13.1 Å². The van der Waals surface area contributed by atoms with Crippen molar-refractivity contribution >= 4 is 21.6 Å². The van der Waals surface area contributed by atoms with Crippen molar-refractivity contribution in [2.24, 2.45) is 14.1 Å². The first kappa shape index (κ1) is 20.9. The quantitative estimate of drug-likeness (QED) is 0.560. The molecule has 29 heavy (non-hydrogen) atoms. The van der Waals surface area contributed by atoms with Crippen LogP contribution in [0.3, 0.4) is 0 Å². The number of pyridine rings is 1. The van der Waals surface area contributed by atoms with Gasteiger partial charge in [0, 0.05) is 52.7 Å². The van der Waals surface area contributed by atoms with Crippen molar-refractivity contribution in [2.45, 2.75) is 4.90 Å². The van der Waals surface area contributed by atoms with Gasteiger partial charge >= 0.3 is 5.69 Å².